The zero-order valence-corrected chi connectivity index (χ0v) is 14.8. The zero-order valence-electron chi connectivity index (χ0n) is 14.8. The summed E-state index contributed by atoms with van der Waals surface area (Å²) in [5.41, 5.74) is -1.01. The number of halogens is 3. The largest absolute Gasteiger partial charge is 0.573 e. The van der Waals surface area contributed by atoms with E-state index >= 15 is 0 Å². The Morgan fingerprint density at radius 2 is 1.71 bits per heavy atom. The van der Waals surface area contributed by atoms with Gasteiger partial charge >= 0.3 is 12.3 Å². The quantitative estimate of drug-likeness (QED) is 0.403. The Labute approximate surface area is 160 Å². The van der Waals surface area contributed by atoms with Crippen LogP contribution in [0.15, 0.2) is 48.5 Å². The van der Waals surface area contributed by atoms with E-state index in [0.29, 0.717) is 18.6 Å². The molecule has 2 aromatic carbocycles. The van der Waals surface area contributed by atoms with Gasteiger partial charge in [-0.25, -0.2) is 4.79 Å². The Morgan fingerprint density at radius 1 is 1.04 bits per heavy atom. The number of alkyl halides is 3. The standard InChI is InChI=1S/C21H17F3O4/c1-2-20(12-6-7-13-20)27-18-14-15(10-11-17(18)28-21(22,23)24)19(25)26-16-8-4-3-5-9-16/h1,3-5,8-11,14H,6-7,12-13H2. The minimum atomic E-state index is -4.91. The normalized spacial score (nSPS) is 15.5. The van der Waals surface area contributed by atoms with Gasteiger partial charge in [-0.2, -0.15) is 0 Å². The third-order valence-electron chi connectivity index (χ3n) is 4.34. The number of terminal acetylenes is 1. The Bertz CT molecular complexity index is 879. The molecule has 2 aromatic rings. The van der Waals surface area contributed by atoms with Crippen molar-refractivity contribution in [2.75, 3.05) is 0 Å². The fourth-order valence-corrected chi connectivity index (χ4v) is 3.01. The molecule has 1 fully saturated rings. The van der Waals surface area contributed by atoms with Gasteiger partial charge in [0.25, 0.3) is 0 Å². The number of carbonyl (C=O) groups is 1. The Hall–Kier alpha value is -3.14. The fraction of sp³-hybridized carbons (Fsp3) is 0.286. The van der Waals surface area contributed by atoms with E-state index in [1.54, 1.807) is 30.3 Å². The average Bonchev–Trinajstić information content (AvgIpc) is 3.12. The van der Waals surface area contributed by atoms with Crippen molar-refractivity contribution in [3.8, 4) is 29.6 Å². The summed E-state index contributed by atoms with van der Waals surface area (Å²) in [4.78, 5) is 12.4. The van der Waals surface area contributed by atoms with E-state index in [2.05, 4.69) is 10.7 Å². The van der Waals surface area contributed by atoms with Crippen molar-refractivity contribution in [2.45, 2.75) is 37.6 Å². The molecule has 0 spiro atoms. The van der Waals surface area contributed by atoms with Gasteiger partial charge in [0.15, 0.2) is 17.1 Å². The maximum Gasteiger partial charge on any atom is 0.573 e. The molecule has 0 radical (unpaired) electrons. The van der Waals surface area contributed by atoms with Gasteiger partial charge in [0, 0.05) is 0 Å². The molecular formula is C21H17F3O4. The molecule has 28 heavy (non-hydrogen) atoms. The topological polar surface area (TPSA) is 44.8 Å². The van der Waals surface area contributed by atoms with Crippen LogP contribution in [-0.4, -0.2) is 17.9 Å². The average molecular weight is 390 g/mol. The maximum atomic E-state index is 12.7. The molecule has 3 rings (SSSR count). The highest BCUT2D eigenvalue weighted by Crippen LogP contribution is 2.40. The van der Waals surface area contributed by atoms with Gasteiger partial charge < -0.3 is 14.2 Å². The summed E-state index contributed by atoms with van der Waals surface area (Å²) in [6.45, 7) is 0. The predicted octanol–water partition coefficient (Wildman–Crippen LogP) is 5.13. The van der Waals surface area contributed by atoms with Crippen molar-refractivity contribution in [3.63, 3.8) is 0 Å². The number of ether oxygens (including phenoxy) is 3. The van der Waals surface area contributed by atoms with Crippen LogP contribution in [0.5, 0.6) is 17.2 Å². The molecule has 4 nitrogen and oxygen atoms in total. The van der Waals surface area contributed by atoms with Crippen LogP contribution in [0.3, 0.4) is 0 Å². The van der Waals surface area contributed by atoms with Crippen molar-refractivity contribution in [2.24, 2.45) is 0 Å². The highest BCUT2D eigenvalue weighted by Gasteiger charge is 2.37. The van der Waals surface area contributed by atoms with Crippen LogP contribution in [-0.2, 0) is 0 Å². The Morgan fingerprint density at radius 3 is 2.32 bits per heavy atom. The van der Waals surface area contributed by atoms with Gasteiger partial charge in [0.1, 0.15) is 5.75 Å². The molecule has 0 aromatic heterocycles. The number of benzene rings is 2. The number of carbonyl (C=O) groups excluding carboxylic acids is 1. The number of hydrogen-bond donors (Lipinski definition) is 0. The lowest BCUT2D eigenvalue weighted by Crippen LogP contribution is -2.31. The highest BCUT2D eigenvalue weighted by molar-refractivity contribution is 5.91. The second-order valence-corrected chi connectivity index (χ2v) is 6.36. The van der Waals surface area contributed by atoms with Crippen LogP contribution in [0, 0.1) is 12.3 Å². The summed E-state index contributed by atoms with van der Waals surface area (Å²) in [5, 5.41) is 0. The van der Waals surface area contributed by atoms with Gasteiger partial charge in [-0.1, -0.05) is 24.1 Å². The van der Waals surface area contributed by atoms with Crippen molar-refractivity contribution in [1.82, 2.24) is 0 Å². The lowest BCUT2D eigenvalue weighted by molar-refractivity contribution is -0.275. The lowest BCUT2D eigenvalue weighted by atomic mass is 10.0. The Kier molecular flexibility index (Phi) is 5.50. The van der Waals surface area contributed by atoms with Crippen LogP contribution in [0.1, 0.15) is 36.0 Å². The first-order chi connectivity index (χ1) is 13.3. The first-order valence-electron chi connectivity index (χ1n) is 8.64. The van der Waals surface area contributed by atoms with E-state index in [-0.39, 0.29) is 11.3 Å². The fourth-order valence-electron chi connectivity index (χ4n) is 3.01. The van der Waals surface area contributed by atoms with Crippen molar-refractivity contribution in [3.05, 3.63) is 54.1 Å². The third-order valence-corrected chi connectivity index (χ3v) is 4.34. The van der Waals surface area contributed by atoms with Gasteiger partial charge in [-0.15, -0.1) is 19.6 Å². The summed E-state index contributed by atoms with van der Waals surface area (Å²) < 4.78 is 53.3. The number of esters is 1. The van der Waals surface area contributed by atoms with Gasteiger partial charge in [0.05, 0.1) is 5.56 Å². The van der Waals surface area contributed by atoms with E-state index in [1.807, 2.05) is 0 Å². The second kappa shape index (κ2) is 7.85. The SMILES string of the molecule is C#CC1(Oc2cc(C(=O)Oc3ccccc3)ccc2OC(F)(F)F)CCCC1. The maximum absolute atomic E-state index is 12.7. The molecule has 0 heterocycles. The first kappa shape index (κ1) is 19.6. The summed E-state index contributed by atoms with van der Waals surface area (Å²) in [6, 6.07) is 11.7. The molecule has 7 heteroatoms. The lowest BCUT2D eigenvalue weighted by Gasteiger charge is -2.26. The van der Waals surface area contributed by atoms with E-state index in [0.717, 1.165) is 25.0 Å². The summed E-state index contributed by atoms with van der Waals surface area (Å²) in [7, 11) is 0. The summed E-state index contributed by atoms with van der Waals surface area (Å²) >= 11 is 0. The first-order valence-corrected chi connectivity index (χ1v) is 8.64. The molecule has 0 N–H and O–H groups in total. The van der Waals surface area contributed by atoms with Gasteiger partial charge in [0.2, 0.25) is 0 Å². The molecule has 0 saturated heterocycles. The summed E-state index contributed by atoms with van der Waals surface area (Å²) in [6.07, 6.45) is 3.27. The molecular weight excluding hydrogens is 373 g/mol. The van der Waals surface area contributed by atoms with Crippen LogP contribution in [0.25, 0.3) is 0 Å². The van der Waals surface area contributed by atoms with E-state index < -0.39 is 23.7 Å². The molecule has 0 unspecified atom stereocenters. The van der Waals surface area contributed by atoms with Gasteiger partial charge in [-0.05, 0) is 56.0 Å². The highest BCUT2D eigenvalue weighted by atomic mass is 19.4. The summed E-state index contributed by atoms with van der Waals surface area (Å²) in [5.74, 6) is 1.28. The van der Waals surface area contributed by atoms with Crippen LogP contribution in [0.4, 0.5) is 13.2 Å². The van der Waals surface area contributed by atoms with Crippen molar-refractivity contribution >= 4 is 5.97 Å². The van der Waals surface area contributed by atoms with Crippen LogP contribution in [0.2, 0.25) is 0 Å². The molecule has 1 saturated carbocycles. The van der Waals surface area contributed by atoms with Crippen LogP contribution >= 0.6 is 0 Å². The van der Waals surface area contributed by atoms with E-state index in [4.69, 9.17) is 15.9 Å². The molecule has 0 amide bonds. The number of para-hydroxylation sites is 1. The molecule has 1 aliphatic carbocycles. The molecule has 1 aliphatic rings. The Balaban J connectivity index is 1.90. The second-order valence-electron chi connectivity index (χ2n) is 6.36. The molecule has 0 aliphatic heterocycles. The van der Waals surface area contributed by atoms with Crippen LogP contribution < -0.4 is 14.2 Å². The number of rotatable bonds is 5. The smallest absolute Gasteiger partial charge is 0.471 e. The van der Waals surface area contributed by atoms with Gasteiger partial charge in [-0.3, -0.25) is 0 Å². The van der Waals surface area contributed by atoms with Crippen molar-refractivity contribution < 1.29 is 32.2 Å². The predicted molar refractivity (Wildman–Crippen MR) is 95.2 cm³/mol. The monoisotopic (exact) mass is 390 g/mol. The minimum Gasteiger partial charge on any atom is -0.471 e. The molecule has 0 atom stereocenters. The third kappa shape index (κ3) is 4.77. The molecule has 146 valence electrons. The van der Waals surface area contributed by atoms with E-state index in [9.17, 15) is 18.0 Å². The minimum absolute atomic E-state index is 0.0125. The molecule has 0 bridgehead atoms. The van der Waals surface area contributed by atoms with Crippen molar-refractivity contribution in [1.29, 1.82) is 0 Å². The zero-order chi connectivity index (χ0) is 20.2. The van der Waals surface area contributed by atoms with E-state index in [1.165, 1.54) is 6.07 Å². The number of hydrogen-bond acceptors (Lipinski definition) is 4.